The molecule has 14 N–H and O–H groups in total. The Morgan fingerprint density at radius 1 is 0.484 bits per heavy atom. The molecule has 0 radical (unpaired) electrons. The second-order valence-corrected chi connectivity index (χ2v) is 16.8. The summed E-state index contributed by atoms with van der Waals surface area (Å²) >= 11 is 0. The average Bonchev–Trinajstić information content (AvgIpc) is 3.88. The Bertz CT molecular complexity index is 1540. The van der Waals surface area contributed by atoms with E-state index in [1.54, 1.807) is 0 Å². The zero-order valence-electron chi connectivity index (χ0n) is 33.5. The molecule has 8 fully saturated rings. The molecule has 8 saturated heterocycles. The summed E-state index contributed by atoms with van der Waals surface area (Å²) in [6.45, 7) is -3.08. The monoisotopic (exact) mass is 936 g/mol. The third-order valence-corrected chi connectivity index (χ3v) is 12.7. The van der Waals surface area contributed by atoms with Crippen molar-refractivity contribution in [2.45, 2.75) is 178 Å². The molecular weight excluding hydrogens is 880 g/mol. The van der Waals surface area contributed by atoms with Crippen molar-refractivity contribution in [2.75, 3.05) is 39.6 Å². The highest BCUT2D eigenvalue weighted by atomic mass is 16.8. The fraction of sp³-hybridized carbons (Fsp3) is 0.972. The molecule has 0 aliphatic carbocycles. The molecule has 29 atom stereocenters. The molecule has 28 nitrogen and oxygen atoms in total. The van der Waals surface area contributed by atoms with Crippen molar-refractivity contribution in [3.8, 4) is 0 Å². The SMILES string of the molecule is O=CC(O)C(OC1OC2COC(C1O)C2OC1OC(CO)C(O)C(OC2OC3COC(C2O)C3OC2OC(CO)C(O)C(OC3OC4COC(C4O)C3O)C2O)C1O)C(O)C(O)CO. The van der Waals surface area contributed by atoms with Gasteiger partial charge in [-0.3, -0.25) is 0 Å². The summed E-state index contributed by atoms with van der Waals surface area (Å²) in [7, 11) is 0. The predicted molar refractivity (Wildman–Crippen MR) is 190 cm³/mol. The maximum Gasteiger partial charge on any atom is 0.187 e. The minimum absolute atomic E-state index is 0.00316. The van der Waals surface area contributed by atoms with Gasteiger partial charge in [0.15, 0.2) is 37.7 Å². The van der Waals surface area contributed by atoms with Gasteiger partial charge in [0.25, 0.3) is 0 Å². The maximum absolute atomic E-state index is 11.5. The largest absolute Gasteiger partial charge is 0.394 e. The van der Waals surface area contributed by atoms with Crippen molar-refractivity contribution < 1.29 is 138 Å². The van der Waals surface area contributed by atoms with Gasteiger partial charge in [-0.25, -0.2) is 0 Å². The van der Waals surface area contributed by atoms with Gasteiger partial charge in [-0.05, 0) is 0 Å². The standard InChI is InChI=1S/C36H56O28/c37-1-8(41)15(43)24(9(42)2-38)60-35-22(50)30-25(13(58-35)6-53-30)61-34-21(49)29(17(45)11(4-40)56-34)64-36-23(51)31-26(14(59-36)7-54-31)62-33-20(48)28(16(44)10(3-39)55-33)63-32-19(47)27-18(46)12(57-32)5-52-27/h2,8-37,39-51H,1,3-7H2. The van der Waals surface area contributed by atoms with Gasteiger partial charge in [0, 0.05) is 0 Å². The molecular formula is C36H56O28. The van der Waals surface area contributed by atoms with Crippen LogP contribution in [0.3, 0.4) is 0 Å². The van der Waals surface area contributed by atoms with Crippen molar-refractivity contribution in [1.29, 1.82) is 0 Å². The Kier molecular flexibility index (Phi) is 15.5. The van der Waals surface area contributed by atoms with E-state index < -0.39 is 198 Å². The van der Waals surface area contributed by atoms with Crippen LogP contribution in [0.5, 0.6) is 0 Å². The van der Waals surface area contributed by atoms with E-state index >= 15 is 0 Å². The van der Waals surface area contributed by atoms with Gasteiger partial charge in [0.05, 0.1) is 39.6 Å². The van der Waals surface area contributed by atoms with Gasteiger partial charge >= 0.3 is 0 Å². The molecule has 0 saturated carbocycles. The topological polar surface area (TPSA) is 420 Å². The van der Waals surface area contributed by atoms with Crippen LogP contribution in [0.1, 0.15) is 0 Å². The van der Waals surface area contributed by atoms with Gasteiger partial charge in [-0.15, -0.1) is 0 Å². The fourth-order valence-corrected chi connectivity index (χ4v) is 9.15. The number of ether oxygens (including phenoxy) is 13. The zero-order chi connectivity index (χ0) is 45.9. The first-order valence-corrected chi connectivity index (χ1v) is 20.8. The van der Waals surface area contributed by atoms with Gasteiger partial charge in [-0.1, -0.05) is 0 Å². The summed E-state index contributed by atoms with van der Waals surface area (Å²) in [5, 5.41) is 148. The zero-order valence-corrected chi connectivity index (χ0v) is 33.5. The molecule has 8 aliphatic heterocycles. The quantitative estimate of drug-likeness (QED) is 0.0602. The summed E-state index contributed by atoms with van der Waals surface area (Å²) in [6, 6.07) is 0. The van der Waals surface area contributed by atoms with Gasteiger partial charge < -0.3 is 138 Å². The number of hydrogen-bond donors (Lipinski definition) is 14. The maximum atomic E-state index is 11.5. The van der Waals surface area contributed by atoms with E-state index in [1.807, 2.05) is 0 Å². The number of rotatable bonds is 17. The molecule has 29 unspecified atom stereocenters. The van der Waals surface area contributed by atoms with Crippen molar-refractivity contribution in [3.63, 3.8) is 0 Å². The van der Waals surface area contributed by atoms with Crippen molar-refractivity contribution >= 4 is 6.29 Å². The fourth-order valence-electron chi connectivity index (χ4n) is 9.15. The van der Waals surface area contributed by atoms with Gasteiger partial charge in [0.2, 0.25) is 0 Å². The summed E-state index contributed by atoms with van der Waals surface area (Å²) in [4.78, 5) is 11.3. The first kappa shape index (κ1) is 49.0. The van der Waals surface area contributed by atoms with Crippen LogP contribution in [-0.2, 0) is 66.4 Å². The molecule has 28 heteroatoms. The van der Waals surface area contributed by atoms with E-state index in [0.29, 0.717) is 0 Å². The first-order chi connectivity index (χ1) is 30.6. The van der Waals surface area contributed by atoms with Gasteiger partial charge in [-0.2, -0.15) is 0 Å². The summed E-state index contributed by atoms with van der Waals surface area (Å²) in [5.41, 5.74) is 0. The van der Waals surface area contributed by atoms with E-state index in [4.69, 9.17) is 61.6 Å². The minimum atomic E-state index is -2.03. The minimum Gasteiger partial charge on any atom is -0.394 e. The smallest absolute Gasteiger partial charge is 0.187 e. The number of aliphatic hydroxyl groups is 14. The van der Waals surface area contributed by atoms with Crippen LogP contribution in [-0.4, -0.2) is 295 Å². The van der Waals surface area contributed by atoms with Crippen LogP contribution >= 0.6 is 0 Å². The lowest BCUT2D eigenvalue weighted by Gasteiger charge is -2.48. The van der Waals surface area contributed by atoms with Crippen molar-refractivity contribution in [2.24, 2.45) is 0 Å². The first-order valence-electron chi connectivity index (χ1n) is 20.8. The Morgan fingerprint density at radius 3 is 1.38 bits per heavy atom. The third kappa shape index (κ3) is 9.12. The number of carbonyl (C=O) groups excluding carboxylic acids is 1. The van der Waals surface area contributed by atoms with Crippen LogP contribution in [0.2, 0.25) is 0 Å². The van der Waals surface area contributed by atoms with E-state index in [2.05, 4.69) is 0 Å². The van der Waals surface area contributed by atoms with Gasteiger partial charge in [0.1, 0.15) is 146 Å². The van der Waals surface area contributed by atoms with E-state index in [-0.39, 0.29) is 26.1 Å². The normalized spacial score (nSPS) is 52.0. The Labute approximate surface area is 361 Å². The Balaban J connectivity index is 0.902. The van der Waals surface area contributed by atoms with E-state index in [1.165, 1.54) is 0 Å². The van der Waals surface area contributed by atoms with E-state index in [9.17, 15) is 76.3 Å². The molecule has 6 bridgehead atoms. The lowest BCUT2D eigenvalue weighted by molar-refractivity contribution is -0.379. The highest BCUT2D eigenvalue weighted by Gasteiger charge is 2.60. The lowest BCUT2D eigenvalue weighted by atomic mass is 9.96. The highest BCUT2D eigenvalue weighted by molar-refractivity contribution is 5.56. The van der Waals surface area contributed by atoms with Crippen LogP contribution in [0.25, 0.3) is 0 Å². The summed E-state index contributed by atoms with van der Waals surface area (Å²) in [6.07, 6.45) is -44.7. The molecule has 8 rings (SSSR count). The van der Waals surface area contributed by atoms with Crippen LogP contribution in [0.15, 0.2) is 0 Å². The van der Waals surface area contributed by atoms with Crippen LogP contribution in [0, 0.1) is 0 Å². The number of carbonyl (C=O) groups is 1. The second kappa shape index (κ2) is 20.3. The Morgan fingerprint density at radius 2 is 0.891 bits per heavy atom. The predicted octanol–water partition coefficient (Wildman–Crippen LogP) is -11.1. The summed E-state index contributed by atoms with van der Waals surface area (Å²) in [5.74, 6) is 0. The molecule has 0 aromatic heterocycles. The van der Waals surface area contributed by atoms with Crippen LogP contribution < -0.4 is 0 Å². The molecule has 0 aromatic carbocycles. The molecule has 8 aliphatic rings. The molecule has 0 aromatic rings. The third-order valence-electron chi connectivity index (χ3n) is 12.7. The van der Waals surface area contributed by atoms with Crippen molar-refractivity contribution in [1.82, 2.24) is 0 Å². The van der Waals surface area contributed by atoms with Crippen molar-refractivity contribution in [3.05, 3.63) is 0 Å². The lowest BCUT2D eigenvalue weighted by Crippen LogP contribution is -2.66. The number of hydrogen-bond acceptors (Lipinski definition) is 28. The summed E-state index contributed by atoms with van der Waals surface area (Å²) < 4.78 is 74.5. The molecule has 0 spiro atoms. The second-order valence-electron chi connectivity index (χ2n) is 16.8. The Hall–Kier alpha value is -1.41. The highest BCUT2D eigenvalue weighted by Crippen LogP contribution is 2.40. The molecule has 64 heavy (non-hydrogen) atoms. The number of aliphatic hydroxyl groups excluding tert-OH is 14. The molecule has 0 amide bonds. The molecule has 8 heterocycles. The number of aldehydes is 1. The average molecular weight is 937 g/mol. The molecule has 368 valence electrons. The van der Waals surface area contributed by atoms with Crippen LogP contribution in [0.4, 0.5) is 0 Å². The van der Waals surface area contributed by atoms with E-state index in [0.717, 1.165) is 0 Å². The number of fused-ring (bicyclic) bond motifs is 6.